The smallest absolute Gasteiger partial charge is 0.257 e. The van der Waals surface area contributed by atoms with Crippen LogP contribution in [0.25, 0.3) is 11.3 Å². The molecule has 0 radical (unpaired) electrons. The Morgan fingerprint density at radius 3 is 2.33 bits per heavy atom. The highest BCUT2D eigenvalue weighted by Gasteiger charge is 2.26. The highest BCUT2D eigenvalue weighted by Crippen LogP contribution is 2.39. The molecule has 1 aliphatic heterocycles. The fourth-order valence-corrected chi connectivity index (χ4v) is 4.39. The number of anilines is 2. The molecule has 1 N–H and O–H groups in total. The number of aryl methyl sites for hydroxylation is 1. The Bertz CT molecular complexity index is 878. The summed E-state index contributed by atoms with van der Waals surface area (Å²) in [6, 6.07) is 2.17. The second-order valence-electron chi connectivity index (χ2n) is 8.05. The SMILES string of the molecule is CCc1nc(OC(CC)CC)c(NC)nc1-c1cc(Br)c(C(C)C)nc1N1CCC1. The van der Waals surface area contributed by atoms with E-state index in [9.17, 15) is 0 Å². The molecule has 1 aliphatic rings. The number of nitrogens with one attached hydrogen (secondary N) is 1. The van der Waals surface area contributed by atoms with Crippen LogP contribution < -0.4 is 15.0 Å². The number of halogens is 1. The Morgan fingerprint density at radius 1 is 1.13 bits per heavy atom. The number of ether oxygens (including phenoxy) is 1. The normalized spacial score (nSPS) is 13.7. The van der Waals surface area contributed by atoms with Gasteiger partial charge >= 0.3 is 0 Å². The summed E-state index contributed by atoms with van der Waals surface area (Å²) in [7, 11) is 1.87. The molecule has 0 saturated carbocycles. The van der Waals surface area contributed by atoms with Crippen LogP contribution in [0.5, 0.6) is 5.88 Å². The van der Waals surface area contributed by atoms with Gasteiger partial charge in [0.1, 0.15) is 11.9 Å². The van der Waals surface area contributed by atoms with Gasteiger partial charge in [0.2, 0.25) is 0 Å². The van der Waals surface area contributed by atoms with Crippen molar-refractivity contribution in [2.24, 2.45) is 0 Å². The molecular weight excluding hydrogens is 442 g/mol. The molecule has 0 atom stereocenters. The van der Waals surface area contributed by atoms with Gasteiger partial charge in [-0.25, -0.2) is 15.0 Å². The van der Waals surface area contributed by atoms with E-state index in [2.05, 4.69) is 66.8 Å². The molecule has 2 aromatic rings. The van der Waals surface area contributed by atoms with Crippen molar-refractivity contribution < 1.29 is 4.74 Å². The average molecular weight is 476 g/mol. The molecule has 6 nitrogen and oxygen atoms in total. The van der Waals surface area contributed by atoms with Crippen LogP contribution in [0.1, 0.15) is 71.2 Å². The summed E-state index contributed by atoms with van der Waals surface area (Å²) in [6.45, 7) is 12.8. The highest BCUT2D eigenvalue weighted by atomic mass is 79.9. The lowest BCUT2D eigenvalue weighted by atomic mass is 10.0. The van der Waals surface area contributed by atoms with Crippen LogP contribution >= 0.6 is 15.9 Å². The standard InChI is InChI=1S/C23H34BrN5O/c1-7-15(8-2)30-23-21(25-6)27-20(18(9-3)26-23)16-13-17(24)19(14(4)5)28-22(16)29-11-10-12-29/h13-15H,7-12H2,1-6H3,(H,25,27). The number of nitrogens with zero attached hydrogens (tertiary/aromatic N) is 4. The van der Waals surface area contributed by atoms with Gasteiger partial charge in [0, 0.05) is 30.2 Å². The van der Waals surface area contributed by atoms with Gasteiger partial charge in [-0.2, -0.15) is 0 Å². The van der Waals surface area contributed by atoms with Crippen molar-refractivity contribution in [2.75, 3.05) is 30.4 Å². The van der Waals surface area contributed by atoms with E-state index in [0.29, 0.717) is 17.6 Å². The third kappa shape index (κ3) is 4.56. The molecule has 7 heteroatoms. The maximum Gasteiger partial charge on any atom is 0.257 e. The zero-order valence-electron chi connectivity index (χ0n) is 19.0. The van der Waals surface area contributed by atoms with Crippen LogP contribution in [0.3, 0.4) is 0 Å². The predicted octanol–water partition coefficient (Wildman–Crippen LogP) is 5.81. The first-order valence-electron chi connectivity index (χ1n) is 11.1. The van der Waals surface area contributed by atoms with Crippen LogP contribution in [0, 0.1) is 0 Å². The maximum absolute atomic E-state index is 6.18. The molecule has 3 rings (SSSR count). The fourth-order valence-electron chi connectivity index (χ4n) is 3.61. The molecule has 1 fully saturated rings. The van der Waals surface area contributed by atoms with Gasteiger partial charge in [0.15, 0.2) is 5.82 Å². The summed E-state index contributed by atoms with van der Waals surface area (Å²) >= 11 is 3.75. The minimum absolute atomic E-state index is 0.139. The summed E-state index contributed by atoms with van der Waals surface area (Å²) in [5.41, 5.74) is 3.92. The van der Waals surface area contributed by atoms with E-state index in [1.807, 2.05) is 7.05 Å². The molecule has 0 unspecified atom stereocenters. The zero-order valence-corrected chi connectivity index (χ0v) is 20.6. The van der Waals surface area contributed by atoms with Gasteiger partial charge in [-0.15, -0.1) is 0 Å². The van der Waals surface area contributed by atoms with Gasteiger partial charge in [0.05, 0.1) is 17.1 Å². The number of hydrogen-bond acceptors (Lipinski definition) is 6. The van der Waals surface area contributed by atoms with Crippen LogP contribution in [-0.4, -0.2) is 41.2 Å². The second-order valence-corrected chi connectivity index (χ2v) is 8.91. The van der Waals surface area contributed by atoms with Gasteiger partial charge in [-0.05, 0) is 53.6 Å². The number of hydrogen-bond donors (Lipinski definition) is 1. The molecule has 164 valence electrons. The molecule has 0 amide bonds. The predicted molar refractivity (Wildman–Crippen MR) is 128 cm³/mol. The maximum atomic E-state index is 6.18. The molecule has 1 saturated heterocycles. The molecular formula is C23H34BrN5O. The first kappa shape index (κ1) is 22.8. The Hall–Kier alpha value is -1.89. The van der Waals surface area contributed by atoms with Crippen LogP contribution in [0.15, 0.2) is 10.5 Å². The summed E-state index contributed by atoms with van der Waals surface area (Å²) < 4.78 is 7.20. The molecule has 30 heavy (non-hydrogen) atoms. The van der Waals surface area contributed by atoms with E-state index in [0.717, 1.165) is 65.3 Å². The Labute approximate surface area is 189 Å². The summed E-state index contributed by atoms with van der Waals surface area (Å²) in [5.74, 6) is 2.61. The Balaban J connectivity index is 2.15. The molecule has 2 aromatic heterocycles. The summed E-state index contributed by atoms with van der Waals surface area (Å²) in [4.78, 5) is 17.3. The minimum Gasteiger partial charge on any atom is -0.472 e. The van der Waals surface area contributed by atoms with Crippen molar-refractivity contribution in [3.8, 4) is 17.1 Å². The zero-order chi connectivity index (χ0) is 21.8. The first-order chi connectivity index (χ1) is 14.4. The molecule has 0 aromatic carbocycles. The van der Waals surface area contributed by atoms with Crippen molar-refractivity contribution in [1.29, 1.82) is 0 Å². The Morgan fingerprint density at radius 2 is 1.83 bits per heavy atom. The Kier molecular flexibility index (Phi) is 7.55. The number of rotatable bonds is 9. The van der Waals surface area contributed by atoms with E-state index in [1.54, 1.807) is 0 Å². The molecule has 3 heterocycles. The van der Waals surface area contributed by atoms with Crippen molar-refractivity contribution >= 4 is 27.6 Å². The number of aromatic nitrogens is 3. The lowest BCUT2D eigenvalue weighted by Crippen LogP contribution is -2.38. The van der Waals surface area contributed by atoms with E-state index < -0.39 is 0 Å². The van der Waals surface area contributed by atoms with Gasteiger partial charge in [-0.1, -0.05) is 34.6 Å². The van der Waals surface area contributed by atoms with Crippen LogP contribution in [0.2, 0.25) is 0 Å². The largest absolute Gasteiger partial charge is 0.472 e. The number of pyridine rings is 1. The second kappa shape index (κ2) is 9.94. The van der Waals surface area contributed by atoms with E-state index in [-0.39, 0.29) is 6.10 Å². The third-order valence-corrected chi connectivity index (χ3v) is 6.27. The summed E-state index contributed by atoms with van der Waals surface area (Å²) in [5, 5.41) is 3.19. The van der Waals surface area contributed by atoms with Gasteiger partial charge in [0.25, 0.3) is 5.88 Å². The molecule has 0 bridgehead atoms. The quantitative estimate of drug-likeness (QED) is 0.493. The molecule has 0 aliphatic carbocycles. The monoisotopic (exact) mass is 475 g/mol. The van der Waals surface area contributed by atoms with Crippen molar-refractivity contribution in [3.63, 3.8) is 0 Å². The fraction of sp³-hybridized carbons (Fsp3) is 0.609. The van der Waals surface area contributed by atoms with Crippen molar-refractivity contribution in [1.82, 2.24) is 15.0 Å². The highest BCUT2D eigenvalue weighted by molar-refractivity contribution is 9.10. The third-order valence-electron chi connectivity index (χ3n) is 5.64. The lowest BCUT2D eigenvalue weighted by Gasteiger charge is -2.34. The minimum atomic E-state index is 0.139. The van der Waals surface area contributed by atoms with Gasteiger partial charge in [-0.3, -0.25) is 0 Å². The van der Waals surface area contributed by atoms with Gasteiger partial charge < -0.3 is 15.0 Å². The molecule has 0 spiro atoms. The van der Waals surface area contributed by atoms with Crippen molar-refractivity contribution in [3.05, 3.63) is 21.9 Å². The van der Waals surface area contributed by atoms with E-state index in [4.69, 9.17) is 19.7 Å². The topological polar surface area (TPSA) is 63.2 Å². The van der Waals surface area contributed by atoms with Crippen LogP contribution in [0.4, 0.5) is 11.6 Å². The summed E-state index contributed by atoms with van der Waals surface area (Å²) in [6.07, 6.45) is 3.99. The van der Waals surface area contributed by atoms with Crippen LogP contribution in [-0.2, 0) is 6.42 Å². The lowest BCUT2D eigenvalue weighted by molar-refractivity contribution is 0.185. The first-order valence-corrected chi connectivity index (χ1v) is 11.9. The van der Waals surface area contributed by atoms with E-state index >= 15 is 0 Å². The van der Waals surface area contributed by atoms with Crippen molar-refractivity contribution in [2.45, 2.75) is 72.3 Å². The van der Waals surface area contributed by atoms with E-state index in [1.165, 1.54) is 6.42 Å². The average Bonchev–Trinajstić information content (AvgIpc) is 2.70.